The third-order valence-corrected chi connectivity index (χ3v) is 28.4. The first-order valence-electron chi connectivity index (χ1n) is 44.1. The van der Waals surface area contributed by atoms with Crippen molar-refractivity contribution in [3.63, 3.8) is 0 Å². The van der Waals surface area contributed by atoms with Crippen LogP contribution < -0.4 is 10.6 Å². The average Bonchev–Trinajstić information content (AvgIpc) is 1.57. The summed E-state index contributed by atoms with van der Waals surface area (Å²) in [4.78, 5) is 70.7. The number of nitro benzene ring substituents is 1. The minimum atomic E-state index is -0.363. The summed E-state index contributed by atoms with van der Waals surface area (Å²) in [6.07, 6.45) is 12.4. The molecule has 7 aliphatic rings. The lowest BCUT2D eigenvalue weighted by molar-refractivity contribution is -0.384. The Kier molecular flexibility index (Phi) is 30.2. The highest BCUT2D eigenvalue weighted by molar-refractivity contribution is 9.10. The standard InChI is InChI=1S/C24H29ClN2.C22H22BrClN2O3.C21H19BrCl2N2O2.C17H14ClN3O2.C16H19ClN2O2/c25-19-11-12-22-21(15-19)20-13-14-27(16-17-7-3-1-4-8-17)24(23(20)26-22)18-9-5-2-6-10-18;1-28-10-11-29-13-20(27)26-9-8-17-18-12-15(23)4-7-19(18)25-21(17)22(26)14-2-5-16(24)6-3-14;1-2-28-21(27)26-8-7-15-16-10-13(22)4-6-18(16)25-20(15)19(26)9-12-3-5-14(23)11-17(12)24;18-11-4-5-15-14(9-11)13-6-7-19-16(17(13)20-15)10-2-1-3-12(8-10)21(22)23;1-3-14-15-11(7-8-19(14)16(20)21-4-2)12-9-10(17)5-6-13(12)18-15/h1,3-4,7-8,11-12,15,18,20,23-24,26H,2,5-6,9-10,13-14,16H2;2-7,12,22,25H,8-11,13H2,1H3;3-6,10-11,19,25H,2,7-9H2,1H3;1-5,8-9,16,19-20H,6-7H2;5-6,9,14,18H,3-4,7-8H2,1-2H3. The van der Waals surface area contributed by atoms with E-state index in [-0.39, 0.29) is 59.5 Å². The summed E-state index contributed by atoms with van der Waals surface area (Å²) < 4.78 is 23.1. The van der Waals surface area contributed by atoms with Crippen LogP contribution in [0.5, 0.6) is 0 Å². The number of aromatic nitrogens is 4. The SMILES string of the molecule is CCOC(=O)N1CCc2c([nH]c3ccc(Br)cc23)C1Cc1ccc(Cl)cc1Cl.CCOC(=O)N1CCc2c([nH]c3ccc(Cl)cc23)C1CC.COCCOCC(=O)N1CCc2c([nH]c3ccc(Br)cc23)C1c1ccc(Cl)cc1.Clc1ccc2c(c1)C1CCN(Cc3ccccc3)C(C3CCCCC3)C1N2.O=[N+]([O-])c1cccc(C2NCCc3c2[nH]c2ccc(Cl)cc32)c1. The molecule has 6 N–H and O–H groups in total. The molecular formula is C100H103Br2Cl6N11O9. The molecule has 4 aromatic heterocycles. The zero-order valence-electron chi connectivity index (χ0n) is 71.7. The monoisotopic (exact) mass is 1970 g/mol. The van der Waals surface area contributed by atoms with Crippen molar-refractivity contribution >= 4 is 175 Å². The van der Waals surface area contributed by atoms with E-state index in [9.17, 15) is 24.5 Å². The number of anilines is 1. The van der Waals surface area contributed by atoms with Crippen LogP contribution in [0.15, 0.2) is 197 Å². The molecule has 0 spiro atoms. The molecule has 20 nitrogen and oxygen atoms in total. The average molecular weight is 1980 g/mol. The first-order chi connectivity index (χ1) is 62.1. The third kappa shape index (κ3) is 20.5. The Bertz CT molecular complexity index is 6160. The summed E-state index contributed by atoms with van der Waals surface area (Å²) in [5, 5.41) is 27.3. The second-order valence-corrected chi connectivity index (χ2v) is 37.9. The Morgan fingerprint density at radius 1 is 0.523 bits per heavy atom. The van der Waals surface area contributed by atoms with E-state index in [0.29, 0.717) is 90.6 Å². The van der Waals surface area contributed by atoms with E-state index in [0.717, 1.165) is 137 Å². The number of fused-ring (bicyclic) bond motifs is 15. The van der Waals surface area contributed by atoms with Gasteiger partial charge in [0.15, 0.2) is 0 Å². The molecule has 6 aliphatic heterocycles. The number of hydrogen-bond acceptors (Lipinski definition) is 12. The molecule has 128 heavy (non-hydrogen) atoms. The molecule has 10 heterocycles. The van der Waals surface area contributed by atoms with E-state index < -0.39 is 0 Å². The number of ether oxygens (including phenoxy) is 4. The molecule has 7 unspecified atom stereocenters. The summed E-state index contributed by atoms with van der Waals surface area (Å²) in [6, 6.07) is 62.2. The fraction of sp³-hybridized carbons (Fsp3) is 0.350. The molecule has 20 rings (SSSR count). The van der Waals surface area contributed by atoms with Crippen molar-refractivity contribution in [2.45, 2.75) is 147 Å². The molecule has 668 valence electrons. The normalized spacial score (nSPS) is 19.2. The van der Waals surface area contributed by atoms with Gasteiger partial charge in [-0.25, -0.2) is 9.59 Å². The quantitative estimate of drug-likeness (QED) is 0.0301. The first kappa shape index (κ1) is 92.2. The van der Waals surface area contributed by atoms with Crippen molar-refractivity contribution < 1.29 is 38.3 Å². The van der Waals surface area contributed by atoms with Gasteiger partial charge in [-0.2, -0.15) is 0 Å². The van der Waals surface area contributed by atoms with E-state index in [4.69, 9.17) is 88.6 Å². The number of likely N-dealkylation sites (tertiary alicyclic amines) is 1. The van der Waals surface area contributed by atoms with Crippen molar-refractivity contribution in [1.82, 2.24) is 44.9 Å². The van der Waals surface area contributed by atoms with Gasteiger partial charge in [0.2, 0.25) is 5.91 Å². The van der Waals surface area contributed by atoms with Gasteiger partial charge in [-0.1, -0.05) is 188 Å². The van der Waals surface area contributed by atoms with Crippen LogP contribution in [-0.2, 0) is 62.4 Å². The maximum atomic E-state index is 13.0. The summed E-state index contributed by atoms with van der Waals surface area (Å²) in [5.74, 6) is 1.39. The number of benzene rings is 9. The highest BCUT2D eigenvalue weighted by atomic mass is 79.9. The lowest BCUT2D eigenvalue weighted by Gasteiger charge is -2.48. The zero-order valence-corrected chi connectivity index (χ0v) is 79.4. The number of methoxy groups -OCH3 is 1. The van der Waals surface area contributed by atoms with E-state index in [1.54, 1.807) is 30.2 Å². The fourth-order valence-corrected chi connectivity index (χ4v) is 22.0. The van der Waals surface area contributed by atoms with Crippen molar-refractivity contribution in [3.05, 3.63) is 310 Å². The van der Waals surface area contributed by atoms with Crippen molar-refractivity contribution in [3.8, 4) is 0 Å². The van der Waals surface area contributed by atoms with Gasteiger partial charge in [-0.15, -0.1) is 0 Å². The Morgan fingerprint density at radius 2 is 1.07 bits per heavy atom. The smallest absolute Gasteiger partial charge is 0.410 e. The maximum Gasteiger partial charge on any atom is 0.410 e. The van der Waals surface area contributed by atoms with Crippen molar-refractivity contribution in [1.29, 1.82) is 0 Å². The van der Waals surface area contributed by atoms with Gasteiger partial charge in [-0.3, -0.25) is 29.6 Å². The first-order valence-corrected chi connectivity index (χ1v) is 47.9. The molecule has 2 fully saturated rings. The van der Waals surface area contributed by atoms with Crippen LogP contribution in [0.4, 0.5) is 21.0 Å². The molecule has 1 aliphatic carbocycles. The summed E-state index contributed by atoms with van der Waals surface area (Å²) in [7, 11) is 1.61. The number of non-ortho nitro benzene ring substituents is 1. The minimum absolute atomic E-state index is 0.0356. The maximum absolute atomic E-state index is 13.0. The highest BCUT2D eigenvalue weighted by Crippen LogP contribution is 2.50. The van der Waals surface area contributed by atoms with E-state index >= 15 is 0 Å². The predicted molar refractivity (Wildman–Crippen MR) is 521 cm³/mol. The number of nitro groups is 1. The number of piperidine rings is 1. The number of amides is 3. The number of hydrogen-bond donors (Lipinski definition) is 6. The Balaban J connectivity index is 0.000000118. The molecule has 7 atom stereocenters. The number of H-pyrrole nitrogens is 4. The summed E-state index contributed by atoms with van der Waals surface area (Å²) in [5.41, 5.74) is 20.7. The molecule has 1 saturated heterocycles. The fourth-order valence-electron chi connectivity index (χ4n) is 20.1. The molecule has 3 amide bonds. The topological polar surface area (TPSA) is 231 Å². The number of nitrogens with one attached hydrogen (secondary N) is 6. The second-order valence-electron chi connectivity index (χ2n) is 33.5. The van der Waals surface area contributed by atoms with Gasteiger partial charge in [0.05, 0.1) is 55.5 Å². The van der Waals surface area contributed by atoms with Gasteiger partial charge in [-0.05, 0) is 243 Å². The zero-order chi connectivity index (χ0) is 89.4. The Morgan fingerprint density at radius 3 is 1.69 bits per heavy atom. The van der Waals surface area contributed by atoms with Crippen LogP contribution in [0.1, 0.15) is 169 Å². The van der Waals surface area contributed by atoms with Crippen LogP contribution in [-0.4, -0.2) is 148 Å². The summed E-state index contributed by atoms with van der Waals surface area (Å²) in [6.45, 7) is 12.4. The highest BCUT2D eigenvalue weighted by Gasteiger charge is 2.47. The number of carbonyl (C=O) groups is 3. The molecule has 0 radical (unpaired) electrons. The number of aromatic amines is 4. The predicted octanol–water partition coefficient (Wildman–Crippen LogP) is 25.6. The molecule has 0 bridgehead atoms. The number of nitrogens with zero attached hydrogens (tertiary/aromatic N) is 5. The molecular weight excluding hydrogens is 1870 g/mol. The molecule has 28 heteroatoms. The number of rotatable bonds is 16. The van der Waals surface area contributed by atoms with E-state index in [1.807, 2.05) is 121 Å². The molecule has 1 saturated carbocycles. The van der Waals surface area contributed by atoms with Crippen LogP contribution in [0, 0.1) is 16.0 Å². The van der Waals surface area contributed by atoms with Crippen LogP contribution in [0.25, 0.3) is 43.6 Å². The second kappa shape index (κ2) is 42.0. The van der Waals surface area contributed by atoms with Crippen LogP contribution in [0.2, 0.25) is 30.1 Å². The number of carbonyl (C=O) groups excluding carboxylic acids is 3. The van der Waals surface area contributed by atoms with Crippen LogP contribution in [0.3, 0.4) is 0 Å². The van der Waals surface area contributed by atoms with E-state index in [2.05, 4.69) is 141 Å². The minimum Gasteiger partial charge on any atom is -0.450 e. The third-order valence-electron chi connectivity index (χ3n) is 25.9. The summed E-state index contributed by atoms with van der Waals surface area (Å²) >= 11 is 44.3. The number of halogens is 8. The Labute approximate surface area is 792 Å². The lowest BCUT2D eigenvalue weighted by Crippen LogP contribution is -2.56. The molecule has 9 aromatic carbocycles. The lowest BCUT2D eigenvalue weighted by atomic mass is 9.73. The largest absolute Gasteiger partial charge is 0.450 e. The van der Waals surface area contributed by atoms with Gasteiger partial charge in [0.1, 0.15) is 6.61 Å². The van der Waals surface area contributed by atoms with Gasteiger partial charge in [0, 0.05) is 188 Å². The van der Waals surface area contributed by atoms with Gasteiger partial charge in [0.25, 0.3) is 5.69 Å². The Hall–Kier alpha value is -9.11. The van der Waals surface area contributed by atoms with Gasteiger partial charge >= 0.3 is 12.2 Å². The van der Waals surface area contributed by atoms with Crippen LogP contribution >= 0.6 is 101 Å². The van der Waals surface area contributed by atoms with Crippen molar-refractivity contribution in [2.75, 3.05) is 78.2 Å². The molecule has 13 aromatic rings. The van der Waals surface area contributed by atoms with Gasteiger partial charge < -0.3 is 54.4 Å². The van der Waals surface area contributed by atoms with Crippen molar-refractivity contribution in [2.24, 2.45) is 5.92 Å². The van der Waals surface area contributed by atoms with E-state index in [1.165, 1.54) is 106 Å².